The largest absolute Gasteiger partial charge is 0.397 e. The van der Waals surface area contributed by atoms with Gasteiger partial charge in [-0.25, -0.2) is 8.78 Å². The van der Waals surface area contributed by atoms with Crippen molar-refractivity contribution in [3.05, 3.63) is 23.8 Å². The van der Waals surface area contributed by atoms with Crippen molar-refractivity contribution >= 4 is 17.3 Å². The van der Waals surface area contributed by atoms with Gasteiger partial charge in [0.25, 0.3) is 6.43 Å². The number of carbonyl (C=O) groups is 1. The highest BCUT2D eigenvalue weighted by atomic mass is 19.3. The number of halogens is 2. The molecule has 0 spiro atoms. The number of hydrogen-bond donors (Lipinski definition) is 3. The monoisotopic (exact) mass is 287 g/mol. The summed E-state index contributed by atoms with van der Waals surface area (Å²) in [7, 11) is 0. The summed E-state index contributed by atoms with van der Waals surface area (Å²) in [6, 6.07) is 5.16. The van der Waals surface area contributed by atoms with Gasteiger partial charge in [-0.15, -0.1) is 0 Å². The molecule has 0 saturated heterocycles. The van der Waals surface area contributed by atoms with Crippen molar-refractivity contribution in [1.29, 1.82) is 0 Å². The number of nitrogens with two attached hydrogens (primary N) is 1. The van der Waals surface area contributed by atoms with Crippen molar-refractivity contribution in [2.75, 3.05) is 37.3 Å². The molecule has 5 nitrogen and oxygen atoms in total. The second-order valence-electron chi connectivity index (χ2n) is 4.49. The summed E-state index contributed by atoms with van der Waals surface area (Å²) in [4.78, 5) is 13.0. The van der Waals surface area contributed by atoms with Gasteiger partial charge in [-0.05, 0) is 24.6 Å². The van der Waals surface area contributed by atoms with Crippen LogP contribution in [-0.4, -0.2) is 48.6 Å². The molecule has 0 fully saturated rings. The van der Waals surface area contributed by atoms with Gasteiger partial charge >= 0.3 is 0 Å². The number of amides is 1. The molecule has 0 atom stereocenters. The van der Waals surface area contributed by atoms with Crippen molar-refractivity contribution in [3.8, 4) is 0 Å². The van der Waals surface area contributed by atoms with E-state index < -0.39 is 18.9 Å². The van der Waals surface area contributed by atoms with Crippen LogP contribution in [0.1, 0.15) is 5.56 Å². The number of rotatable bonds is 7. The standard InChI is InChI=1S/C13H19F2N3O2/c1-9-2-3-11(10(16)6-9)17-13(20)8-18(4-5-19)7-12(14)15/h2-3,6,12,19H,4-5,7-8,16H2,1H3,(H,17,20). The second kappa shape index (κ2) is 7.76. The topological polar surface area (TPSA) is 78.6 Å². The molecule has 112 valence electrons. The summed E-state index contributed by atoms with van der Waals surface area (Å²) in [6.07, 6.45) is -2.56. The highest BCUT2D eigenvalue weighted by Crippen LogP contribution is 2.19. The van der Waals surface area contributed by atoms with Gasteiger partial charge in [0.05, 0.1) is 31.1 Å². The van der Waals surface area contributed by atoms with E-state index in [2.05, 4.69) is 5.32 Å². The fourth-order valence-electron chi connectivity index (χ4n) is 1.76. The molecule has 0 aliphatic heterocycles. The predicted octanol–water partition coefficient (Wildman–Crippen LogP) is 1.08. The summed E-state index contributed by atoms with van der Waals surface area (Å²) >= 11 is 0. The maximum absolute atomic E-state index is 12.3. The van der Waals surface area contributed by atoms with Crippen molar-refractivity contribution in [1.82, 2.24) is 4.90 Å². The number of carbonyl (C=O) groups excluding carboxylic acids is 1. The van der Waals surface area contributed by atoms with E-state index >= 15 is 0 Å². The summed E-state index contributed by atoms with van der Waals surface area (Å²) in [5.41, 5.74) is 7.57. The summed E-state index contributed by atoms with van der Waals surface area (Å²) < 4.78 is 24.6. The van der Waals surface area contributed by atoms with Crippen LogP contribution in [0.15, 0.2) is 18.2 Å². The van der Waals surface area contributed by atoms with E-state index in [1.165, 1.54) is 4.90 Å². The Morgan fingerprint density at radius 2 is 2.20 bits per heavy atom. The molecule has 0 saturated carbocycles. The summed E-state index contributed by atoms with van der Waals surface area (Å²) in [5, 5.41) is 11.4. The molecule has 1 amide bonds. The molecule has 0 aromatic heterocycles. The number of aliphatic hydroxyl groups is 1. The lowest BCUT2D eigenvalue weighted by Crippen LogP contribution is -2.38. The van der Waals surface area contributed by atoms with Crippen molar-refractivity contribution in [2.45, 2.75) is 13.3 Å². The van der Waals surface area contributed by atoms with E-state index in [9.17, 15) is 13.6 Å². The molecule has 1 aromatic rings. The molecule has 1 rings (SSSR count). The Kier molecular flexibility index (Phi) is 6.33. The van der Waals surface area contributed by atoms with E-state index in [1.807, 2.05) is 6.92 Å². The number of nitrogens with one attached hydrogen (secondary N) is 1. The van der Waals surface area contributed by atoms with Gasteiger partial charge in [-0.1, -0.05) is 6.07 Å². The third kappa shape index (κ3) is 5.50. The van der Waals surface area contributed by atoms with Gasteiger partial charge in [0, 0.05) is 6.54 Å². The molecule has 0 bridgehead atoms. The molecule has 1 aromatic carbocycles. The summed E-state index contributed by atoms with van der Waals surface area (Å²) in [6.45, 7) is 0.816. The molecule has 0 unspecified atom stereocenters. The Hall–Kier alpha value is -1.73. The van der Waals surface area contributed by atoms with Gasteiger partial charge in [0.2, 0.25) is 5.91 Å². The molecule has 0 heterocycles. The van der Waals surface area contributed by atoms with Crippen LogP contribution >= 0.6 is 0 Å². The fraction of sp³-hybridized carbons (Fsp3) is 0.462. The van der Waals surface area contributed by atoms with Crippen LogP contribution < -0.4 is 11.1 Å². The third-order valence-corrected chi connectivity index (χ3v) is 2.66. The number of benzene rings is 1. The van der Waals surface area contributed by atoms with Crippen LogP contribution in [0, 0.1) is 6.92 Å². The zero-order chi connectivity index (χ0) is 15.1. The Balaban J connectivity index is 2.60. The number of aryl methyl sites for hydroxylation is 1. The predicted molar refractivity (Wildman–Crippen MR) is 73.8 cm³/mol. The first kappa shape index (κ1) is 16.3. The van der Waals surface area contributed by atoms with Crippen LogP contribution in [0.4, 0.5) is 20.2 Å². The molecule has 20 heavy (non-hydrogen) atoms. The quantitative estimate of drug-likeness (QED) is 0.656. The minimum absolute atomic E-state index is 0.0150. The van der Waals surface area contributed by atoms with Gasteiger partial charge < -0.3 is 16.2 Å². The first-order valence-corrected chi connectivity index (χ1v) is 6.19. The minimum atomic E-state index is -2.56. The van der Waals surface area contributed by atoms with Crippen LogP contribution in [0.3, 0.4) is 0 Å². The SMILES string of the molecule is Cc1ccc(NC(=O)CN(CCO)CC(F)F)c(N)c1. The number of nitrogen functional groups attached to an aromatic ring is 1. The number of alkyl halides is 2. The smallest absolute Gasteiger partial charge is 0.251 e. The van der Waals surface area contributed by atoms with E-state index in [0.29, 0.717) is 11.4 Å². The summed E-state index contributed by atoms with van der Waals surface area (Å²) in [5.74, 6) is -0.449. The van der Waals surface area contributed by atoms with Gasteiger partial charge in [0.15, 0.2) is 0 Å². The number of aliphatic hydroxyl groups excluding tert-OH is 1. The Labute approximate surface area is 116 Å². The van der Waals surface area contributed by atoms with E-state index in [4.69, 9.17) is 10.8 Å². The van der Waals surface area contributed by atoms with Gasteiger partial charge in [-0.3, -0.25) is 9.69 Å². The van der Waals surface area contributed by atoms with Crippen LogP contribution in [0.5, 0.6) is 0 Å². The van der Waals surface area contributed by atoms with E-state index in [1.54, 1.807) is 18.2 Å². The van der Waals surface area contributed by atoms with Crippen LogP contribution in [0.25, 0.3) is 0 Å². The van der Waals surface area contributed by atoms with Crippen molar-refractivity contribution in [3.63, 3.8) is 0 Å². The molecule has 4 N–H and O–H groups in total. The number of hydrogen-bond acceptors (Lipinski definition) is 4. The minimum Gasteiger partial charge on any atom is -0.397 e. The molecule has 0 aliphatic carbocycles. The average molecular weight is 287 g/mol. The van der Waals surface area contributed by atoms with Crippen molar-refractivity contribution in [2.24, 2.45) is 0 Å². The highest BCUT2D eigenvalue weighted by molar-refractivity contribution is 5.95. The lowest BCUT2D eigenvalue weighted by Gasteiger charge is -2.20. The second-order valence-corrected chi connectivity index (χ2v) is 4.49. The van der Waals surface area contributed by atoms with Crippen LogP contribution in [-0.2, 0) is 4.79 Å². The van der Waals surface area contributed by atoms with Crippen molar-refractivity contribution < 1.29 is 18.7 Å². The fourth-order valence-corrected chi connectivity index (χ4v) is 1.76. The lowest BCUT2D eigenvalue weighted by atomic mass is 10.2. The first-order chi connectivity index (χ1) is 9.42. The van der Waals surface area contributed by atoms with Gasteiger partial charge in [-0.2, -0.15) is 0 Å². The molecule has 0 radical (unpaired) electrons. The Morgan fingerprint density at radius 3 is 2.75 bits per heavy atom. The van der Waals surface area contributed by atoms with E-state index in [-0.39, 0.29) is 19.7 Å². The maximum Gasteiger partial charge on any atom is 0.251 e. The lowest BCUT2D eigenvalue weighted by molar-refractivity contribution is -0.117. The van der Waals surface area contributed by atoms with Crippen LogP contribution in [0.2, 0.25) is 0 Å². The van der Waals surface area contributed by atoms with Gasteiger partial charge in [0.1, 0.15) is 0 Å². The highest BCUT2D eigenvalue weighted by Gasteiger charge is 2.15. The zero-order valence-electron chi connectivity index (χ0n) is 11.3. The normalized spacial score (nSPS) is 11.1. The average Bonchev–Trinajstić information content (AvgIpc) is 2.32. The molecular formula is C13H19F2N3O2. The zero-order valence-corrected chi connectivity index (χ0v) is 11.3. The molecular weight excluding hydrogens is 268 g/mol. The number of nitrogens with zero attached hydrogens (tertiary/aromatic N) is 1. The third-order valence-electron chi connectivity index (χ3n) is 2.66. The van der Waals surface area contributed by atoms with E-state index in [0.717, 1.165) is 5.56 Å². The number of anilines is 2. The Morgan fingerprint density at radius 1 is 1.50 bits per heavy atom. The maximum atomic E-state index is 12.3. The Bertz CT molecular complexity index is 455. The molecule has 7 heteroatoms. The molecule has 0 aliphatic rings. The first-order valence-electron chi connectivity index (χ1n) is 6.19.